The van der Waals surface area contributed by atoms with Crippen LogP contribution in [0.15, 0.2) is 65.6 Å². The molecule has 3 aromatic carbocycles. The Morgan fingerprint density at radius 1 is 1.06 bits per heavy atom. The van der Waals surface area contributed by atoms with Gasteiger partial charge < -0.3 is 14.2 Å². The Morgan fingerprint density at radius 3 is 2.59 bits per heavy atom. The van der Waals surface area contributed by atoms with E-state index in [-0.39, 0.29) is 41.1 Å². The predicted molar refractivity (Wildman–Crippen MR) is 116 cm³/mol. The summed E-state index contributed by atoms with van der Waals surface area (Å²) in [7, 11) is -4.54. The van der Waals surface area contributed by atoms with Crippen molar-refractivity contribution in [2.75, 3.05) is 11.4 Å². The first-order valence-electron chi connectivity index (χ1n) is 9.80. The van der Waals surface area contributed by atoms with Gasteiger partial charge in [-0.3, -0.25) is 0 Å². The minimum absolute atomic E-state index is 0. The van der Waals surface area contributed by atoms with E-state index in [4.69, 9.17) is 16.3 Å². The van der Waals surface area contributed by atoms with E-state index in [1.807, 2.05) is 35.2 Å². The Morgan fingerprint density at radius 2 is 1.84 bits per heavy atom. The van der Waals surface area contributed by atoms with Crippen molar-refractivity contribution < 1.29 is 51.7 Å². The first-order chi connectivity index (χ1) is 14.8. The first kappa shape index (κ1) is 25.0. The predicted octanol–water partition coefficient (Wildman–Crippen LogP) is 1.92. The maximum absolute atomic E-state index is 14.1. The smallest absolute Gasteiger partial charge is 0.744 e. The van der Waals surface area contributed by atoms with Crippen LogP contribution in [-0.2, 0) is 29.7 Å². The number of nitrogens with zero attached hydrogens (tertiary/aromatic N) is 1. The van der Waals surface area contributed by atoms with Gasteiger partial charge in [0.1, 0.15) is 28.3 Å². The summed E-state index contributed by atoms with van der Waals surface area (Å²) in [6, 6.07) is 16.7. The van der Waals surface area contributed by atoms with Gasteiger partial charge in [0.2, 0.25) is 0 Å². The average molecular weight is 484 g/mol. The van der Waals surface area contributed by atoms with Gasteiger partial charge in [-0.1, -0.05) is 41.9 Å². The van der Waals surface area contributed by atoms with Crippen molar-refractivity contribution in [2.45, 2.75) is 30.9 Å². The summed E-state index contributed by atoms with van der Waals surface area (Å²) in [4.78, 5) is 1.89. The number of ether oxygens (including phenoxy) is 1. The van der Waals surface area contributed by atoms with Crippen LogP contribution in [0.1, 0.15) is 23.1 Å². The van der Waals surface area contributed by atoms with Crippen LogP contribution in [0.4, 0.5) is 10.1 Å². The van der Waals surface area contributed by atoms with Gasteiger partial charge in [-0.15, -0.1) is 0 Å². The Bertz CT molecular complexity index is 1220. The van der Waals surface area contributed by atoms with Gasteiger partial charge in [0, 0.05) is 34.9 Å². The number of anilines is 1. The van der Waals surface area contributed by atoms with Crippen LogP contribution in [0.25, 0.3) is 0 Å². The molecule has 4 rings (SSSR count). The van der Waals surface area contributed by atoms with Gasteiger partial charge >= 0.3 is 29.6 Å². The van der Waals surface area contributed by atoms with Crippen molar-refractivity contribution in [3.63, 3.8) is 0 Å². The third kappa shape index (κ3) is 5.65. The first-order valence-corrected chi connectivity index (χ1v) is 11.6. The van der Waals surface area contributed by atoms with Crippen molar-refractivity contribution in [3.8, 4) is 5.75 Å². The van der Waals surface area contributed by atoms with Gasteiger partial charge in [-0.2, -0.15) is 0 Å². The zero-order valence-corrected chi connectivity index (χ0v) is 21.1. The molecule has 0 amide bonds. The molecule has 0 saturated heterocycles. The third-order valence-corrected chi connectivity index (χ3v) is 6.46. The topological polar surface area (TPSA) is 69.7 Å². The maximum Gasteiger partial charge on any atom is 1.00 e. The molecular formula is C23H20ClFNNaO4S. The summed E-state index contributed by atoms with van der Waals surface area (Å²) < 4.78 is 55.0. The molecule has 9 heteroatoms. The van der Waals surface area contributed by atoms with Crippen LogP contribution in [-0.4, -0.2) is 19.5 Å². The standard InChI is InChI=1S/C23H21ClFNO4S.Na/c24-18-11-10-17(20(25)13-18)15-30-22-8-2-1-5-16(22)14-26-12-4-6-19-21(26)7-3-9-23(19)31(27,28)29;/h1-3,5,7-11,13H,4,6,12,14-15H2,(H,27,28,29);/q;+1/p-1. The third-order valence-electron chi connectivity index (χ3n) is 5.31. The molecule has 32 heavy (non-hydrogen) atoms. The molecule has 5 nitrogen and oxygen atoms in total. The molecule has 0 saturated carbocycles. The second-order valence-corrected chi connectivity index (χ2v) is 9.15. The van der Waals surface area contributed by atoms with Gasteiger partial charge in [0.25, 0.3) is 0 Å². The molecule has 1 heterocycles. The number of rotatable bonds is 6. The molecule has 0 N–H and O–H groups in total. The summed E-state index contributed by atoms with van der Waals surface area (Å²) in [6.07, 6.45) is 1.27. The van der Waals surface area contributed by atoms with E-state index in [0.29, 0.717) is 34.9 Å². The molecule has 0 bridgehead atoms. The van der Waals surface area contributed by atoms with Crippen LogP contribution in [0, 0.1) is 5.82 Å². The Balaban J connectivity index is 0.00000289. The number of benzene rings is 3. The number of fused-ring (bicyclic) bond motifs is 1. The largest absolute Gasteiger partial charge is 1.00 e. The Labute approximate surface area is 214 Å². The van der Waals surface area contributed by atoms with E-state index in [1.165, 1.54) is 12.1 Å². The average Bonchev–Trinajstić information content (AvgIpc) is 2.73. The number of halogens is 2. The monoisotopic (exact) mass is 483 g/mol. The van der Waals surface area contributed by atoms with Gasteiger partial charge in [-0.05, 0) is 48.7 Å². The summed E-state index contributed by atoms with van der Waals surface area (Å²) in [5.41, 5.74) is 2.57. The molecule has 0 fully saturated rings. The Hall–Kier alpha value is -1.61. The molecule has 0 spiro atoms. The van der Waals surface area contributed by atoms with E-state index in [2.05, 4.69) is 0 Å². The van der Waals surface area contributed by atoms with Crippen molar-refractivity contribution in [3.05, 3.63) is 88.2 Å². The van der Waals surface area contributed by atoms with Crippen LogP contribution in [0.5, 0.6) is 5.75 Å². The molecule has 1 aliphatic rings. The minimum atomic E-state index is -4.54. The summed E-state index contributed by atoms with van der Waals surface area (Å²) in [5.74, 6) is 0.179. The van der Waals surface area contributed by atoms with Gasteiger partial charge in [-0.25, -0.2) is 12.8 Å². The van der Waals surface area contributed by atoms with Crippen molar-refractivity contribution in [2.24, 2.45) is 0 Å². The number of hydrogen-bond acceptors (Lipinski definition) is 5. The molecule has 0 aromatic heterocycles. The van der Waals surface area contributed by atoms with Crippen molar-refractivity contribution in [1.82, 2.24) is 0 Å². The van der Waals surface area contributed by atoms with E-state index in [0.717, 1.165) is 24.2 Å². The fourth-order valence-electron chi connectivity index (χ4n) is 3.84. The van der Waals surface area contributed by atoms with Crippen LogP contribution >= 0.6 is 11.6 Å². The minimum Gasteiger partial charge on any atom is -0.744 e. The second-order valence-electron chi connectivity index (χ2n) is 7.37. The van der Waals surface area contributed by atoms with Gasteiger partial charge in [0.15, 0.2) is 0 Å². The van der Waals surface area contributed by atoms with Gasteiger partial charge in [0.05, 0.1) is 4.90 Å². The van der Waals surface area contributed by atoms with E-state index >= 15 is 0 Å². The number of hydrogen-bond donors (Lipinski definition) is 0. The summed E-state index contributed by atoms with van der Waals surface area (Å²) >= 11 is 5.80. The number of para-hydroxylation sites is 1. The summed E-state index contributed by atoms with van der Waals surface area (Å²) in [5, 5.41) is 0.324. The van der Waals surface area contributed by atoms with E-state index < -0.39 is 15.9 Å². The molecule has 3 aromatic rings. The molecular weight excluding hydrogens is 464 g/mol. The molecule has 0 aliphatic carbocycles. The molecule has 162 valence electrons. The van der Waals surface area contributed by atoms with Crippen LogP contribution in [0.3, 0.4) is 0 Å². The normalized spacial score (nSPS) is 13.3. The van der Waals surface area contributed by atoms with Crippen molar-refractivity contribution >= 4 is 27.4 Å². The SMILES string of the molecule is O=S(=O)([O-])c1cccc2c1CCCN2Cc1ccccc1OCc1ccc(Cl)cc1F.[Na+]. The molecule has 0 unspecified atom stereocenters. The summed E-state index contributed by atoms with van der Waals surface area (Å²) in [6.45, 7) is 1.24. The Kier molecular flexibility index (Phi) is 8.25. The van der Waals surface area contributed by atoms with Crippen LogP contribution in [0.2, 0.25) is 5.02 Å². The fourth-order valence-corrected chi connectivity index (χ4v) is 4.75. The maximum atomic E-state index is 14.1. The van der Waals surface area contributed by atoms with E-state index in [9.17, 15) is 17.4 Å². The molecule has 0 radical (unpaired) electrons. The molecule has 0 atom stereocenters. The zero-order chi connectivity index (χ0) is 22.0. The quantitative estimate of drug-likeness (QED) is 0.396. The molecule has 1 aliphatic heterocycles. The zero-order valence-electron chi connectivity index (χ0n) is 17.6. The van der Waals surface area contributed by atoms with Crippen molar-refractivity contribution in [1.29, 1.82) is 0 Å². The fraction of sp³-hybridized carbons (Fsp3) is 0.217. The van der Waals surface area contributed by atoms with E-state index in [1.54, 1.807) is 18.2 Å². The second kappa shape index (κ2) is 10.5. The van der Waals surface area contributed by atoms with Crippen LogP contribution < -0.4 is 39.2 Å².